The number of amides is 2. The lowest BCUT2D eigenvalue weighted by atomic mass is 9.92. The number of aliphatic carboxylic acids is 1. The minimum Gasteiger partial charge on any atom is -0.477 e. The first-order valence-corrected chi connectivity index (χ1v) is 55.1. The molecule has 0 spiro atoms. The molecule has 3 rings (SSSR count). The lowest BCUT2D eigenvalue weighted by Crippen LogP contribution is -2.68. The summed E-state index contributed by atoms with van der Waals surface area (Å²) < 4.78 is 94.2. The predicted octanol–water partition coefficient (Wildman–Crippen LogP) is 16.6. The van der Waals surface area contributed by atoms with Crippen LogP contribution in [0.3, 0.4) is 0 Å². The van der Waals surface area contributed by atoms with Crippen molar-refractivity contribution in [3.63, 3.8) is 0 Å². The van der Waals surface area contributed by atoms with Crippen LogP contribution in [0.5, 0.6) is 0 Å². The summed E-state index contributed by atoms with van der Waals surface area (Å²) in [6.07, 6.45) is 12.9. The number of phosphoric acid groups is 1. The monoisotopic (exact) mass is 1930 g/mol. The van der Waals surface area contributed by atoms with Crippen LogP contribution in [0.1, 0.15) is 433 Å². The summed E-state index contributed by atoms with van der Waals surface area (Å²) in [4.78, 5) is 134. The van der Waals surface area contributed by atoms with Gasteiger partial charge in [-0.2, -0.15) is 0 Å². The normalized spacial score (nSPS) is 23.9. The lowest BCUT2D eigenvalue weighted by molar-refractivity contribution is -0.340. The zero-order chi connectivity index (χ0) is 97.4. The van der Waals surface area contributed by atoms with Crippen molar-refractivity contribution in [2.75, 3.05) is 26.5 Å². The topological polar surface area (TPSA) is 502 Å². The van der Waals surface area contributed by atoms with Crippen LogP contribution in [-0.4, -0.2) is 240 Å². The molecule has 2 amide bonds. The van der Waals surface area contributed by atoms with Crippen molar-refractivity contribution in [1.29, 1.82) is 0 Å². The maximum atomic E-state index is 15.4. The standard InChI is InChI=1S/C97H180N2O31P2/c1-8-14-20-26-32-36-42-48-54-60-74(122-82(107)62-56-50-44-38-34-28-22-16-10-3)66-80(105)98-86-92(126-84(109)64-72(101)58-52-46-40-30-24-18-12-5)89(112)78(124-95(86)130-131(7,115)116)70-120-94-87(99-81(106)67-75(61-55-49-43-37-33-27-21-15-9-2)123-83(108)63-57-51-45-39-35-29-23-17-11-4)93(127-85(110)65-73(102)59-53-47-41-31-25-19-13-6)91(129-132(117,118)119)79(125-94)71-121-97(96(113)114)68-76(103)88(111)90(128-97)77(104)69-100/h72-79,86-95,100-104,111-112H,8-71H2,1-7H3,(H,98,105)(H,99,106)(H,113,114)(H,115,116)(H2,117,118,119)/t72-,73-,74-,75-,76-,77-,78?,79?,86?,87?,88-,89-,90?,91-,92-,93-,94-,95-,97-/m1/s1. The summed E-state index contributed by atoms with van der Waals surface area (Å²) in [5.74, 6) is -10.6. The van der Waals surface area contributed by atoms with Gasteiger partial charge in [-0.05, 0) is 51.4 Å². The van der Waals surface area contributed by atoms with Gasteiger partial charge in [-0.1, -0.05) is 337 Å². The number of carbonyl (C=O) groups excluding carboxylic acids is 6. The van der Waals surface area contributed by atoms with Crippen molar-refractivity contribution in [2.24, 2.45) is 0 Å². The van der Waals surface area contributed by atoms with E-state index in [9.17, 15) is 93.4 Å². The zero-order valence-electron chi connectivity index (χ0n) is 81.6. The SMILES string of the molecule is CCCCCCCCCCCC(=O)O[C@H](CCCCCCCCCCC)CC(=O)NC1[C@@H](OP(C)(=O)O)OC(CO[C@@H]2OC(CO[C@]3(C(=O)O)C[C@@H](O)[C@@H](O)C([C@H](O)CO)O3)[C@@H](OP(=O)(O)O)[C@H](OC(=O)C[C@H](O)CCCCCCCCC)C2NC(=O)C[C@@H](CCCCCCCCCCC)OC(=O)CCCCCCCCCCC)[C@@H](O)[C@@H]1OC(=O)C[C@H](O)CCCCCCCCC. The molecule has 0 aliphatic carbocycles. The molecule has 0 aromatic carbocycles. The molecule has 0 bridgehead atoms. The summed E-state index contributed by atoms with van der Waals surface area (Å²) in [7, 11) is -10.8. The quantitative estimate of drug-likeness (QED) is 0.0116. The molecule has 3 saturated heterocycles. The fraction of sp³-hybridized carbons (Fsp3) is 0.928. The van der Waals surface area contributed by atoms with Gasteiger partial charge in [0.1, 0.15) is 67.0 Å². The third-order valence-corrected chi connectivity index (χ3v) is 26.3. The van der Waals surface area contributed by atoms with Gasteiger partial charge in [-0.3, -0.25) is 42.4 Å². The van der Waals surface area contributed by atoms with E-state index in [1.807, 2.05) is 0 Å². The third kappa shape index (κ3) is 55.2. The number of rotatable bonds is 83. The van der Waals surface area contributed by atoms with E-state index in [4.69, 9.17) is 51.7 Å². The molecule has 6 unspecified atom stereocenters. The molecule has 35 heteroatoms. The Balaban J connectivity index is 2.38. The third-order valence-electron chi connectivity index (χ3n) is 25.1. The number of carbonyl (C=O) groups is 7. The molecule has 774 valence electrons. The number of esters is 4. The van der Waals surface area contributed by atoms with Crippen LogP contribution in [0.4, 0.5) is 0 Å². The molecule has 0 aromatic heterocycles. The van der Waals surface area contributed by atoms with E-state index >= 15 is 4.79 Å². The second-order valence-corrected chi connectivity index (χ2v) is 40.5. The highest BCUT2D eigenvalue weighted by Gasteiger charge is 2.59. The van der Waals surface area contributed by atoms with Crippen LogP contribution in [0.25, 0.3) is 0 Å². The largest absolute Gasteiger partial charge is 0.477 e. The molecular weight excluding hydrogens is 1750 g/mol. The Hall–Kier alpha value is -3.93. The first kappa shape index (κ1) is 122. The van der Waals surface area contributed by atoms with Crippen molar-refractivity contribution in [3.8, 4) is 0 Å². The number of aliphatic hydroxyl groups is 7. The number of unbranched alkanes of at least 4 members (excludes halogenated alkanes) is 44. The van der Waals surface area contributed by atoms with E-state index in [1.165, 1.54) is 12.8 Å². The molecule has 3 fully saturated rings. The molecule has 3 heterocycles. The van der Waals surface area contributed by atoms with Crippen LogP contribution in [-0.2, 0) is 94.4 Å². The molecule has 0 saturated carbocycles. The zero-order valence-corrected chi connectivity index (χ0v) is 83.4. The van der Waals surface area contributed by atoms with Crippen molar-refractivity contribution in [1.82, 2.24) is 10.6 Å². The van der Waals surface area contributed by atoms with Gasteiger partial charge < -0.3 is 109 Å². The minimum atomic E-state index is -5.97. The van der Waals surface area contributed by atoms with Crippen LogP contribution >= 0.6 is 15.4 Å². The molecule has 3 aliphatic heterocycles. The van der Waals surface area contributed by atoms with E-state index < -0.39 is 225 Å². The van der Waals surface area contributed by atoms with Crippen molar-refractivity contribution >= 4 is 57.1 Å². The Morgan fingerprint density at radius 3 is 1.11 bits per heavy atom. The second-order valence-electron chi connectivity index (χ2n) is 37.5. The van der Waals surface area contributed by atoms with E-state index in [-0.39, 0.29) is 38.5 Å². The summed E-state index contributed by atoms with van der Waals surface area (Å²) in [5.41, 5.74) is 0. The smallest absolute Gasteiger partial charge is 0.470 e. The van der Waals surface area contributed by atoms with Crippen LogP contribution < -0.4 is 10.6 Å². The molecule has 13 N–H and O–H groups in total. The van der Waals surface area contributed by atoms with Gasteiger partial charge in [0.2, 0.25) is 11.8 Å². The Kier molecular flexibility index (Phi) is 67.8. The molecule has 0 aromatic rings. The van der Waals surface area contributed by atoms with Crippen LogP contribution in [0.2, 0.25) is 0 Å². The summed E-state index contributed by atoms with van der Waals surface area (Å²) in [5, 5.41) is 95.3. The minimum absolute atomic E-state index is 0.0161. The van der Waals surface area contributed by atoms with E-state index in [0.29, 0.717) is 51.4 Å². The molecule has 20 atom stereocenters. The Labute approximate surface area is 789 Å². The highest BCUT2D eigenvalue weighted by Crippen LogP contribution is 2.45. The fourth-order valence-electron chi connectivity index (χ4n) is 17.4. The van der Waals surface area contributed by atoms with Gasteiger partial charge in [-0.25, -0.2) is 9.36 Å². The number of nitrogens with one attached hydrogen (secondary N) is 2. The van der Waals surface area contributed by atoms with Gasteiger partial charge in [0.15, 0.2) is 24.8 Å². The van der Waals surface area contributed by atoms with Crippen molar-refractivity contribution in [3.05, 3.63) is 0 Å². The average molecular weight is 1930 g/mol. The highest BCUT2D eigenvalue weighted by molar-refractivity contribution is 7.51. The summed E-state index contributed by atoms with van der Waals surface area (Å²) in [6.45, 7) is 9.99. The van der Waals surface area contributed by atoms with Crippen LogP contribution in [0, 0.1) is 0 Å². The first-order chi connectivity index (χ1) is 63.3. The Morgan fingerprint density at radius 2 is 0.750 bits per heavy atom. The van der Waals surface area contributed by atoms with E-state index in [1.54, 1.807) is 0 Å². The maximum absolute atomic E-state index is 15.4. The summed E-state index contributed by atoms with van der Waals surface area (Å²) >= 11 is 0. The number of carboxylic acid groups (broad SMARTS) is 1. The number of carboxylic acids is 1. The number of hydrogen-bond acceptors (Lipinski definition) is 27. The lowest BCUT2D eigenvalue weighted by Gasteiger charge is -2.48. The van der Waals surface area contributed by atoms with Crippen LogP contribution in [0.15, 0.2) is 0 Å². The second kappa shape index (κ2) is 73.2. The van der Waals surface area contributed by atoms with E-state index in [2.05, 4.69) is 52.2 Å². The number of ether oxygens (including phenoxy) is 9. The van der Waals surface area contributed by atoms with Gasteiger partial charge in [0.05, 0.1) is 63.8 Å². The molecule has 132 heavy (non-hydrogen) atoms. The number of hydrogen-bond donors (Lipinski definition) is 13. The maximum Gasteiger partial charge on any atom is 0.470 e. The van der Waals surface area contributed by atoms with Crippen molar-refractivity contribution in [2.45, 2.75) is 549 Å². The number of phosphoric ester groups is 1. The van der Waals surface area contributed by atoms with Gasteiger partial charge >= 0.3 is 45.3 Å². The fourth-order valence-corrected chi connectivity index (χ4v) is 18.6. The Morgan fingerprint density at radius 1 is 0.409 bits per heavy atom. The average Bonchev–Trinajstić information content (AvgIpc) is 0.769. The first-order valence-electron chi connectivity index (χ1n) is 51.5. The van der Waals surface area contributed by atoms with Gasteiger partial charge in [0.25, 0.3) is 5.79 Å². The highest BCUT2D eigenvalue weighted by atomic mass is 31.2. The van der Waals surface area contributed by atoms with Gasteiger partial charge in [0, 0.05) is 25.9 Å². The van der Waals surface area contributed by atoms with E-state index in [0.717, 1.165) is 263 Å². The molecule has 33 nitrogen and oxygen atoms in total. The predicted molar refractivity (Wildman–Crippen MR) is 500 cm³/mol. The molecular formula is C97H180N2O31P2. The Bertz CT molecular complexity index is 3120. The molecule has 0 radical (unpaired) electrons. The van der Waals surface area contributed by atoms with Gasteiger partial charge in [-0.15, -0.1) is 0 Å². The van der Waals surface area contributed by atoms with Crippen molar-refractivity contribution < 1.29 is 150 Å². The molecule has 3 aliphatic rings. The number of aliphatic hydroxyl groups excluding tert-OH is 7. The summed E-state index contributed by atoms with van der Waals surface area (Å²) in [6, 6.07) is -4.04.